The Hall–Kier alpha value is -2.31. The minimum atomic E-state index is -0.540. The van der Waals surface area contributed by atoms with E-state index in [9.17, 15) is 14.0 Å². The number of anilines is 1. The molecule has 1 aromatic carbocycles. The lowest BCUT2D eigenvalue weighted by molar-refractivity contribution is 0.0599. The van der Waals surface area contributed by atoms with Gasteiger partial charge in [-0.3, -0.25) is 4.79 Å². The first-order chi connectivity index (χ1) is 9.51. The molecule has 108 valence electrons. The van der Waals surface area contributed by atoms with E-state index < -0.39 is 11.9 Å². The topological polar surface area (TPSA) is 75.9 Å². The van der Waals surface area contributed by atoms with Crippen molar-refractivity contribution in [1.82, 2.24) is 9.80 Å². The molecule has 1 heterocycles. The molecule has 0 spiro atoms. The number of nitrogens with two attached hydrogens (primary N) is 1. The lowest BCUT2D eigenvalue weighted by atomic mass is 10.1. The highest BCUT2D eigenvalue weighted by Crippen LogP contribution is 2.14. The zero-order chi connectivity index (χ0) is 14.7. The summed E-state index contributed by atoms with van der Waals surface area (Å²) in [6.45, 7) is 1.54. The van der Waals surface area contributed by atoms with Crippen molar-refractivity contribution in [3.63, 3.8) is 0 Å². The summed E-state index contributed by atoms with van der Waals surface area (Å²) in [4.78, 5) is 26.6. The third-order valence-electron chi connectivity index (χ3n) is 3.17. The van der Waals surface area contributed by atoms with Gasteiger partial charge in [0.1, 0.15) is 5.82 Å². The van der Waals surface area contributed by atoms with Crippen LogP contribution in [-0.2, 0) is 4.74 Å². The van der Waals surface area contributed by atoms with E-state index in [0.29, 0.717) is 26.2 Å². The quantitative estimate of drug-likeness (QED) is 0.777. The Kier molecular flexibility index (Phi) is 4.07. The predicted molar refractivity (Wildman–Crippen MR) is 70.7 cm³/mol. The fraction of sp³-hybridized carbons (Fsp3) is 0.385. The van der Waals surface area contributed by atoms with E-state index in [-0.39, 0.29) is 17.2 Å². The number of rotatable bonds is 1. The third-order valence-corrected chi connectivity index (χ3v) is 3.17. The molecule has 2 amide bonds. The Bertz CT molecular complexity index is 507. The number of nitrogen functional groups attached to an aromatic ring is 1. The summed E-state index contributed by atoms with van der Waals surface area (Å²) in [5.74, 6) is -0.831. The standard InChI is InChI=1S/C13H16FN3O3/c1-20-13(19)17-4-2-16(3-5-17)12(18)9-6-10(14)8-11(15)7-9/h6-8H,2-5,15H2,1H3. The number of carbonyl (C=O) groups is 2. The van der Waals surface area contributed by atoms with Crippen molar-refractivity contribution in [2.75, 3.05) is 39.0 Å². The van der Waals surface area contributed by atoms with Crippen LogP contribution in [0.4, 0.5) is 14.9 Å². The normalized spacial score (nSPS) is 15.1. The average molecular weight is 281 g/mol. The minimum Gasteiger partial charge on any atom is -0.453 e. The van der Waals surface area contributed by atoms with Crippen LogP contribution >= 0.6 is 0 Å². The van der Waals surface area contributed by atoms with Gasteiger partial charge in [-0.05, 0) is 18.2 Å². The van der Waals surface area contributed by atoms with Crippen LogP contribution in [0.25, 0.3) is 0 Å². The lowest BCUT2D eigenvalue weighted by Crippen LogP contribution is -2.50. The van der Waals surface area contributed by atoms with Crippen molar-refractivity contribution in [3.05, 3.63) is 29.6 Å². The van der Waals surface area contributed by atoms with E-state index in [0.717, 1.165) is 12.1 Å². The smallest absolute Gasteiger partial charge is 0.409 e. The van der Waals surface area contributed by atoms with E-state index in [1.807, 2.05) is 0 Å². The number of carbonyl (C=O) groups excluding carboxylic acids is 2. The second-order valence-electron chi connectivity index (χ2n) is 4.52. The van der Waals surface area contributed by atoms with Gasteiger partial charge in [0, 0.05) is 37.4 Å². The highest BCUT2D eigenvalue weighted by Gasteiger charge is 2.25. The molecule has 2 N–H and O–H groups in total. The lowest BCUT2D eigenvalue weighted by Gasteiger charge is -2.33. The molecule has 2 rings (SSSR count). The molecule has 0 radical (unpaired) electrons. The summed E-state index contributed by atoms with van der Waals surface area (Å²) >= 11 is 0. The van der Waals surface area contributed by atoms with Gasteiger partial charge in [-0.2, -0.15) is 0 Å². The molecule has 1 aromatic rings. The van der Waals surface area contributed by atoms with Gasteiger partial charge < -0.3 is 20.3 Å². The van der Waals surface area contributed by atoms with Crippen LogP contribution in [-0.4, -0.2) is 55.1 Å². The molecule has 0 atom stereocenters. The van der Waals surface area contributed by atoms with Gasteiger partial charge in [-0.1, -0.05) is 0 Å². The molecule has 1 saturated heterocycles. The highest BCUT2D eigenvalue weighted by molar-refractivity contribution is 5.95. The van der Waals surface area contributed by atoms with Crippen LogP contribution in [0.3, 0.4) is 0 Å². The second-order valence-corrected chi connectivity index (χ2v) is 4.52. The summed E-state index contributed by atoms with van der Waals surface area (Å²) < 4.78 is 17.9. The fourth-order valence-electron chi connectivity index (χ4n) is 2.14. The molecule has 20 heavy (non-hydrogen) atoms. The van der Waals surface area contributed by atoms with Crippen LogP contribution in [0.5, 0.6) is 0 Å². The van der Waals surface area contributed by atoms with Gasteiger partial charge in [0.15, 0.2) is 0 Å². The van der Waals surface area contributed by atoms with Crippen LogP contribution in [0.1, 0.15) is 10.4 Å². The van der Waals surface area contributed by atoms with Gasteiger partial charge in [0.05, 0.1) is 7.11 Å². The summed E-state index contributed by atoms with van der Waals surface area (Å²) in [6, 6.07) is 3.76. The molecule has 1 fully saturated rings. The fourth-order valence-corrected chi connectivity index (χ4v) is 2.14. The molecule has 0 aromatic heterocycles. The van der Waals surface area contributed by atoms with E-state index in [4.69, 9.17) is 5.73 Å². The maximum Gasteiger partial charge on any atom is 0.409 e. The minimum absolute atomic E-state index is 0.210. The van der Waals surface area contributed by atoms with Crippen molar-refractivity contribution in [1.29, 1.82) is 0 Å². The molecule has 7 heteroatoms. The van der Waals surface area contributed by atoms with E-state index in [1.165, 1.54) is 18.1 Å². The van der Waals surface area contributed by atoms with Crippen molar-refractivity contribution in [3.8, 4) is 0 Å². The number of hydrogen-bond acceptors (Lipinski definition) is 4. The number of ether oxygens (including phenoxy) is 1. The van der Waals surface area contributed by atoms with Crippen molar-refractivity contribution < 1.29 is 18.7 Å². The van der Waals surface area contributed by atoms with Crippen LogP contribution < -0.4 is 5.73 Å². The molecule has 0 saturated carbocycles. The third kappa shape index (κ3) is 2.98. The number of methoxy groups -OCH3 is 1. The SMILES string of the molecule is COC(=O)N1CCN(C(=O)c2cc(N)cc(F)c2)CC1. The molecule has 6 nitrogen and oxygen atoms in total. The van der Waals surface area contributed by atoms with Gasteiger partial charge in [-0.25, -0.2) is 9.18 Å². The number of halogens is 1. The maximum atomic E-state index is 13.2. The molecule has 0 unspecified atom stereocenters. The molecular weight excluding hydrogens is 265 g/mol. The Labute approximate surface area is 115 Å². The number of nitrogens with zero attached hydrogens (tertiary/aromatic N) is 2. The van der Waals surface area contributed by atoms with Gasteiger partial charge >= 0.3 is 6.09 Å². The van der Waals surface area contributed by atoms with Crippen LogP contribution in [0.2, 0.25) is 0 Å². The molecule has 0 aliphatic carbocycles. The second kappa shape index (κ2) is 5.77. The molecule has 1 aliphatic heterocycles. The largest absolute Gasteiger partial charge is 0.453 e. The van der Waals surface area contributed by atoms with E-state index >= 15 is 0 Å². The Morgan fingerprint density at radius 3 is 2.30 bits per heavy atom. The maximum absolute atomic E-state index is 13.2. The van der Waals surface area contributed by atoms with Gasteiger partial charge in [-0.15, -0.1) is 0 Å². The Morgan fingerprint density at radius 2 is 1.75 bits per heavy atom. The molecule has 0 bridgehead atoms. The molecule has 1 aliphatic rings. The summed E-state index contributed by atoms with van der Waals surface area (Å²) in [5.41, 5.74) is 5.95. The van der Waals surface area contributed by atoms with Crippen LogP contribution in [0.15, 0.2) is 18.2 Å². The Balaban J connectivity index is 2.03. The van der Waals surface area contributed by atoms with E-state index in [1.54, 1.807) is 4.90 Å². The van der Waals surface area contributed by atoms with Crippen molar-refractivity contribution in [2.45, 2.75) is 0 Å². The zero-order valence-corrected chi connectivity index (χ0v) is 11.1. The first-order valence-corrected chi connectivity index (χ1v) is 6.19. The number of amides is 2. The van der Waals surface area contributed by atoms with Gasteiger partial charge in [0.2, 0.25) is 0 Å². The van der Waals surface area contributed by atoms with E-state index in [2.05, 4.69) is 4.74 Å². The zero-order valence-electron chi connectivity index (χ0n) is 11.1. The highest BCUT2D eigenvalue weighted by atomic mass is 19.1. The Morgan fingerprint density at radius 1 is 1.15 bits per heavy atom. The summed E-state index contributed by atoms with van der Waals surface area (Å²) in [6.07, 6.45) is -0.410. The summed E-state index contributed by atoms with van der Waals surface area (Å²) in [5, 5.41) is 0. The summed E-state index contributed by atoms with van der Waals surface area (Å²) in [7, 11) is 1.31. The van der Waals surface area contributed by atoms with Gasteiger partial charge in [0.25, 0.3) is 5.91 Å². The molecular formula is C13H16FN3O3. The monoisotopic (exact) mass is 281 g/mol. The van der Waals surface area contributed by atoms with Crippen molar-refractivity contribution in [2.24, 2.45) is 0 Å². The first kappa shape index (κ1) is 14.1. The average Bonchev–Trinajstić information content (AvgIpc) is 2.45. The number of hydrogen-bond donors (Lipinski definition) is 1. The predicted octanol–water partition coefficient (Wildman–Crippen LogP) is 0.932. The van der Waals surface area contributed by atoms with Crippen molar-refractivity contribution >= 4 is 17.7 Å². The number of benzene rings is 1. The first-order valence-electron chi connectivity index (χ1n) is 6.19. The van der Waals surface area contributed by atoms with Crippen LogP contribution in [0, 0.1) is 5.82 Å². The number of piperazine rings is 1.